The lowest BCUT2D eigenvalue weighted by molar-refractivity contribution is -0.156. The SMILES string of the molecule is CCCC(C)C(=O)OCC(=O)N1CCOCC1. The smallest absolute Gasteiger partial charge is 0.309 e. The lowest BCUT2D eigenvalue weighted by Crippen LogP contribution is -2.42. The van der Waals surface area contributed by atoms with E-state index in [4.69, 9.17) is 9.47 Å². The highest BCUT2D eigenvalue weighted by Crippen LogP contribution is 2.07. The van der Waals surface area contributed by atoms with Crippen LogP contribution in [-0.2, 0) is 19.1 Å². The number of carbonyl (C=O) groups is 2. The zero-order chi connectivity index (χ0) is 12.7. The van der Waals surface area contributed by atoms with Crippen molar-refractivity contribution < 1.29 is 19.1 Å². The van der Waals surface area contributed by atoms with Crippen LogP contribution in [0.25, 0.3) is 0 Å². The molecule has 0 saturated carbocycles. The number of esters is 1. The van der Waals surface area contributed by atoms with Gasteiger partial charge in [0.05, 0.1) is 19.1 Å². The molecule has 1 amide bonds. The van der Waals surface area contributed by atoms with E-state index in [9.17, 15) is 9.59 Å². The van der Waals surface area contributed by atoms with Crippen molar-refractivity contribution in [3.8, 4) is 0 Å². The monoisotopic (exact) mass is 243 g/mol. The fourth-order valence-corrected chi connectivity index (χ4v) is 1.73. The van der Waals surface area contributed by atoms with Crippen LogP contribution in [0.4, 0.5) is 0 Å². The molecule has 5 nitrogen and oxygen atoms in total. The van der Waals surface area contributed by atoms with Crippen LogP contribution in [0, 0.1) is 5.92 Å². The zero-order valence-electron chi connectivity index (χ0n) is 10.6. The lowest BCUT2D eigenvalue weighted by Gasteiger charge is -2.26. The predicted octanol–water partition coefficient (Wildman–Crippen LogP) is 0.825. The first kappa shape index (κ1) is 14.0. The number of rotatable bonds is 5. The Hall–Kier alpha value is -1.10. The maximum absolute atomic E-state index is 11.7. The van der Waals surface area contributed by atoms with Crippen molar-refractivity contribution in [1.29, 1.82) is 0 Å². The minimum atomic E-state index is -0.284. The van der Waals surface area contributed by atoms with Crippen molar-refractivity contribution in [3.63, 3.8) is 0 Å². The molecule has 1 fully saturated rings. The Bertz CT molecular complexity index is 261. The van der Waals surface area contributed by atoms with Crippen molar-refractivity contribution >= 4 is 11.9 Å². The molecule has 0 aliphatic carbocycles. The van der Waals surface area contributed by atoms with Gasteiger partial charge in [-0.1, -0.05) is 20.3 Å². The first-order valence-electron chi connectivity index (χ1n) is 6.17. The standard InChI is InChI=1S/C12H21NO4/c1-3-4-10(2)12(15)17-9-11(14)13-5-7-16-8-6-13/h10H,3-9H2,1-2H3. The van der Waals surface area contributed by atoms with Crippen LogP contribution in [-0.4, -0.2) is 49.7 Å². The van der Waals surface area contributed by atoms with Gasteiger partial charge in [-0.15, -0.1) is 0 Å². The molecular weight excluding hydrogens is 222 g/mol. The summed E-state index contributed by atoms with van der Waals surface area (Å²) < 4.78 is 10.1. The Kier molecular flexibility index (Phi) is 5.97. The van der Waals surface area contributed by atoms with Gasteiger partial charge in [-0.3, -0.25) is 9.59 Å². The summed E-state index contributed by atoms with van der Waals surface area (Å²) in [7, 11) is 0. The van der Waals surface area contributed by atoms with Gasteiger partial charge in [-0.05, 0) is 6.42 Å². The number of amides is 1. The molecule has 1 aliphatic heterocycles. The second kappa shape index (κ2) is 7.27. The van der Waals surface area contributed by atoms with Crippen LogP contribution in [0.2, 0.25) is 0 Å². The molecule has 0 bridgehead atoms. The van der Waals surface area contributed by atoms with Gasteiger partial charge >= 0.3 is 5.97 Å². The average molecular weight is 243 g/mol. The van der Waals surface area contributed by atoms with Gasteiger partial charge in [-0.2, -0.15) is 0 Å². The highest BCUT2D eigenvalue weighted by Gasteiger charge is 2.20. The van der Waals surface area contributed by atoms with Gasteiger partial charge in [0.15, 0.2) is 6.61 Å². The topological polar surface area (TPSA) is 55.8 Å². The van der Waals surface area contributed by atoms with E-state index in [1.54, 1.807) is 4.90 Å². The Morgan fingerprint density at radius 2 is 2.00 bits per heavy atom. The molecule has 98 valence electrons. The average Bonchev–Trinajstić information content (AvgIpc) is 2.36. The van der Waals surface area contributed by atoms with Gasteiger partial charge in [-0.25, -0.2) is 0 Å². The minimum Gasteiger partial charge on any atom is -0.455 e. The molecule has 1 rings (SSSR count). The van der Waals surface area contributed by atoms with Crippen molar-refractivity contribution in [2.75, 3.05) is 32.9 Å². The second-order valence-electron chi connectivity index (χ2n) is 4.29. The molecule has 1 atom stereocenters. The van der Waals surface area contributed by atoms with E-state index in [0.29, 0.717) is 26.3 Å². The molecule has 1 heterocycles. The summed E-state index contributed by atoms with van der Waals surface area (Å²) in [6.45, 7) is 5.99. The molecule has 0 N–H and O–H groups in total. The summed E-state index contributed by atoms with van der Waals surface area (Å²) in [6, 6.07) is 0. The normalized spacial score (nSPS) is 17.6. The molecule has 0 aromatic heterocycles. The van der Waals surface area contributed by atoms with Crippen molar-refractivity contribution in [2.24, 2.45) is 5.92 Å². The molecule has 17 heavy (non-hydrogen) atoms. The van der Waals surface area contributed by atoms with E-state index in [1.165, 1.54) is 0 Å². The number of carbonyl (C=O) groups excluding carboxylic acids is 2. The van der Waals surface area contributed by atoms with Crippen LogP contribution in [0.3, 0.4) is 0 Å². The summed E-state index contributed by atoms with van der Waals surface area (Å²) in [5.74, 6) is -0.545. The molecule has 1 aliphatic rings. The number of nitrogens with zero attached hydrogens (tertiary/aromatic N) is 1. The van der Waals surface area contributed by atoms with Crippen LogP contribution < -0.4 is 0 Å². The predicted molar refractivity (Wildman–Crippen MR) is 62.4 cm³/mol. The van der Waals surface area contributed by atoms with Gasteiger partial charge in [0.25, 0.3) is 5.91 Å². The minimum absolute atomic E-state index is 0.127. The van der Waals surface area contributed by atoms with Crippen LogP contribution in [0.1, 0.15) is 26.7 Å². The quantitative estimate of drug-likeness (QED) is 0.671. The first-order valence-corrected chi connectivity index (χ1v) is 6.17. The Labute approximate surface area is 102 Å². The van der Waals surface area contributed by atoms with E-state index in [2.05, 4.69) is 0 Å². The number of morpholine rings is 1. The van der Waals surface area contributed by atoms with Crippen molar-refractivity contribution in [1.82, 2.24) is 4.90 Å². The lowest BCUT2D eigenvalue weighted by atomic mass is 10.1. The molecule has 0 aromatic carbocycles. The third kappa shape index (κ3) is 4.73. The largest absolute Gasteiger partial charge is 0.455 e. The first-order chi connectivity index (χ1) is 8.15. The van der Waals surface area contributed by atoms with Gasteiger partial charge in [0, 0.05) is 13.1 Å². The molecule has 1 saturated heterocycles. The second-order valence-corrected chi connectivity index (χ2v) is 4.29. The summed E-state index contributed by atoms with van der Waals surface area (Å²) in [4.78, 5) is 24.8. The third-order valence-corrected chi connectivity index (χ3v) is 2.83. The highest BCUT2D eigenvalue weighted by atomic mass is 16.5. The van der Waals surface area contributed by atoms with Crippen LogP contribution in [0.15, 0.2) is 0 Å². The highest BCUT2D eigenvalue weighted by molar-refractivity contribution is 5.81. The molecule has 5 heteroatoms. The Balaban J connectivity index is 2.24. The van der Waals surface area contributed by atoms with E-state index >= 15 is 0 Å². The maximum Gasteiger partial charge on any atom is 0.309 e. The van der Waals surface area contributed by atoms with Gasteiger partial charge in [0.1, 0.15) is 0 Å². The number of hydrogen-bond acceptors (Lipinski definition) is 4. The Morgan fingerprint density at radius 3 is 2.59 bits per heavy atom. The zero-order valence-corrected chi connectivity index (χ0v) is 10.6. The van der Waals surface area contributed by atoms with Gasteiger partial charge < -0.3 is 14.4 Å². The van der Waals surface area contributed by atoms with Crippen molar-refractivity contribution in [2.45, 2.75) is 26.7 Å². The van der Waals surface area contributed by atoms with E-state index in [0.717, 1.165) is 12.8 Å². The van der Waals surface area contributed by atoms with Crippen LogP contribution >= 0.6 is 0 Å². The summed E-state index contributed by atoms with van der Waals surface area (Å²) in [6.07, 6.45) is 1.73. The molecule has 0 radical (unpaired) electrons. The third-order valence-electron chi connectivity index (χ3n) is 2.83. The summed E-state index contributed by atoms with van der Waals surface area (Å²) >= 11 is 0. The maximum atomic E-state index is 11.7. The fraction of sp³-hybridized carbons (Fsp3) is 0.833. The molecule has 1 unspecified atom stereocenters. The molecular formula is C12H21NO4. The summed E-state index contributed by atoms with van der Waals surface area (Å²) in [5.41, 5.74) is 0. The molecule has 0 aromatic rings. The fourth-order valence-electron chi connectivity index (χ4n) is 1.73. The summed E-state index contributed by atoms with van der Waals surface area (Å²) in [5, 5.41) is 0. The van der Waals surface area contributed by atoms with E-state index in [-0.39, 0.29) is 24.4 Å². The number of hydrogen-bond donors (Lipinski definition) is 0. The van der Waals surface area contributed by atoms with E-state index in [1.807, 2.05) is 13.8 Å². The Morgan fingerprint density at radius 1 is 1.35 bits per heavy atom. The van der Waals surface area contributed by atoms with Crippen molar-refractivity contribution in [3.05, 3.63) is 0 Å². The molecule has 0 spiro atoms. The van der Waals surface area contributed by atoms with Gasteiger partial charge in [0.2, 0.25) is 0 Å². The number of ether oxygens (including phenoxy) is 2. The van der Waals surface area contributed by atoms with E-state index < -0.39 is 0 Å². The van der Waals surface area contributed by atoms with Crippen LogP contribution in [0.5, 0.6) is 0 Å².